The number of aromatic amines is 1. The van der Waals surface area contributed by atoms with Crippen molar-refractivity contribution in [3.63, 3.8) is 0 Å². The molecule has 0 unspecified atom stereocenters. The second-order valence-corrected chi connectivity index (χ2v) is 6.64. The van der Waals surface area contributed by atoms with Gasteiger partial charge in [-0.2, -0.15) is 4.98 Å². The molecule has 0 atom stereocenters. The molecule has 0 fully saturated rings. The van der Waals surface area contributed by atoms with Gasteiger partial charge in [-0.05, 0) is 43.0 Å². The van der Waals surface area contributed by atoms with Gasteiger partial charge in [-0.15, -0.1) is 0 Å². The minimum absolute atomic E-state index is 0.0403. The second kappa shape index (κ2) is 7.11. The predicted octanol–water partition coefficient (Wildman–Crippen LogP) is 3.38. The van der Waals surface area contributed by atoms with Gasteiger partial charge in [-0.25, -0.2) is 0 Å². The van der Waals surface area contributed by atoms with E-state index in [1.165, 1.54) is 0 Å². The molecule has 28 heavy (non-hydrogen) atoms. The quantitative estimate of drug-likeness (QED) is 0.570. The zero-order valence-corrected chi connectivity index (χ0v) is 15.4. The maximum Gasteiger partial charge on any atom is 0.251 e. The molecular formula is C21H18N4O3. The highest BCUT2D eigenvalue weighted by Gasteiger charge is 2.14. The van der Waals surface area contributed by atoms with E-state index in [2.05, 4.69) is 20.4 Å². The Bertz CT molecular complexity index is 1240. The molecule has 0 spiro atoms. The number of anilines is 1. The largest absolute Gasteiger partial charge is 0.338 e. The van der Waals surface area contributed by atoms with Crippen LogP contribution in [0.3, 0.4) is 0 Å². The van der Waals surface area contributed by atoms with Crippen LogP contribution >= 0.6 is 0 Å². The van der Waals surface area contributed by atoms with E-state index in [1.54, 1.807) is 19.1 Å². The topological polar surface area (TPSA) is 101 Å². The number of nitrogens with zero attached hydrogens (tertiary/aromatic N) is 2. The van der Waals surface area contributed by atoms with Crippen molar-refractivity contribution in [1.82, 2.24) is 15.1 Å². The molecule has 0 aliphatic rings. The number of benzene rings is 2. The fourth-order valence-electron chi connectivity index (χ4n) is 2.99. The van der Waals surface area contributed by atoms with Gasteiger partial charge in [-0.3, -0.25) is 9.59 Å². The Balaban J connectivity index is 1.49. The first kappa shape index (κ1) is 17.7. The molecule has 2 aromatic heterocycles. The standard InChI is InChI=1S/C21H18N4O3/c1-12-5-3-4-6-16(12)20-24-19(28-25-20)11-18(26)22-15-8-7-14-9-13(2)21(27)23-17(14)10-15/h3-10H,11H2,1-2H3,(H,22,26)(H,23,27). The molecule has 0 aliphatic heterocycles. The molecule has 7 heteroatoms. The minimum Gasteiger partial charge on any atom is -0.338 e. The van der Waals surface area contributed by atoms with Gasteiger partial charge in [0.15, 0.2) is 0 Å². The molecule has 4 aromatic rings. The van der Waals surface area contributed by atoms with Crippen LogP contribution in [0, 0.1) is 13.8 Å². The van der Waals surface area contributed by atoms with E-state index in [-0.39, 0.29) is 23.8 Å². The summed E-state index contributed by atoms with van der Waals surface area (Å²) in [6, 6.07) is 14.9. The molecule has 0 aliphatic carbocycles. The van der Waals surface area contributed by atoms with Gasteiger partial charge in [0.25, 0.3) is 5.56 Å². The SMILES string of the molecule is Cc1ccccc1-c1noc(CC(=O)Nc2ccc3cc(C)c(=O)[nH]c3c2)n1. The maximum absolute atomic E-state index is 12.3. The lowest BCUT2D eigenvalue weighted by Crippen LogP contribution is -2.15. The summed E-state index contributed by atoms with van der Waals surface area (Å²) >= 11 is 0. The lowest BCUT2D eigenvalue weighted by molar-refractivity contribution is -0.115. The van der Waals surface area contributed by atoms with Crippen molar-refractivity contribution in [3.05, 3.63) is 75.9 Å². The highest BCUT2D eigenvalue weighted by molar-refractivity contribution is 5.94. The number of H-pyrrole nitrogens is 1. The van der Waals surface area contributed by atoms with E-state index >= 15 is 0 Å². The molecule has 0 saturated carbocycles. The maximum atomic E-state index is 12.3. The van der Waals surface area contributed by atoms with Crippen LogP contribution in [0.2, 0.25) is 0 Å². The molecule has 0 radical (unpaired) electrons. The summed E-state index contributed by atoms with van der Waals surface area (Å²) in [6.07, 6.45) is -0.0403. The van der Waals surface area contributed by atoms with Crippen LogP contribution < -0.4 is 10.9 Å². The summed E-state index contributed by atoms with van der Waals surface area (Å²) < 4.78 is 5.21. The number of fused-ring (bicyclic) bond motifs is 1. The zero-order chi connectivity index (χ0) is 19.7. The van der Waals surface area contributed by atoms with Gasteiger partial charge < -0.3 is 14.8 Å². The molecule has 2 aromatic carbocycles. The lowest BCUT2D eigenvalue weighted by atomic mass is 10.1. The van der Waals surface area contributed by atoms with Crippen molar-refractivity contribution in [2.45, 2.75) is 20.3 Å². The third-order valence-electron chi connectivity index (χ3n) is 4.48. The molecule has 140 valence electrons. The van der Waals surface area contributed by atoms with Crippen LogP contribution in [-0.4, -0.2) is 21.0 Å². The Kier molecular flexibility index (Phi) is 4.49. The average molecular weight is 374 g/mol. The van der Waals surface area contributed by atoms with E-state index in [1.807, 2.05) is 43.3 Å². The number of aryl methyl sites for hydroxylation is 2. The van der Waals surface area contributed by atoms with Crippen molar-refractivity contribution < 1.29 is 9.32 Å². The molecule has 0 saturated heterocycles. The molecular weight excluding hydrogens is 356 g/mol. The lowest BCUT2D eigenvalue weighted by Gasteiger charge is -2.06. The molecule has 7 nitrogen and oxygen atoms in total. The van der Waals surface area contributed by atoms with E-state index in [4.69, 9.17) is 4.52 Å². The third-order valence-corrected chi connectivity index (χ3v) is 4.48. The summed E-state index contributed by atoms with van der Waals surface area (Å²) in [5.41, 5.74) is 3.63. The van der Waals surface area contributed by atoms with Gasteiger partial charge in [0.1, 0.15) is 6.42 Å². The van der Waals surface area contributed by atoms with Crippen LogP contribution in [0.5, 0.6) is 0 Å². The average Bonchev–Trinajstić information content (AvgIpc) is 3.11. The summed E-state index contributed by atoms with van der Waals surface area (Å²) in [6.45, 7) is 3.72. The molecule has 2 N–H and O–H groups in total. The van der Waals surface area contributed by atoms with Crippen molar-refractivity contribution in [2.24, 2.45) is 0 Å². The Morgan fingerprint density at radius 3 is 2.75 bits per heavy atom. The number of carbonyl (C=O) groups is 1. The Morgan fingerprint density at radius 1 is 1.11 bits per heavy atom. The Labute approximate surface area is 160 Å². The Morgan fingerprint density at radius 2 is 1.93 bits per heavy atom. The normalized spacial score (nSPS) is 10.9. The van der Waals surface area contributed by atoms with Crippen LogP contribution in [0.1, 0.15) is 17.0 Å². The number of aromatic nitrogens is 3. The zero-order valence-electron chi connectivity index (χ0n) is 15.4. The number of amides is 1. The van der Waals surface area contributed by atoms with Gasteiger partial charge in [0.2, 0.25) is 17.6 Å². The number of pyridine rings is 1. The van der Waals surface area contributed by atoms with Gasteiger partial charge in [0, 0.05) is 16.8 Å². The molecule has 2 heterocycles. The molecule has 4 rings (SSSR count). The first-order valence-corrected chi connectivity index (χ1v) is 8.82. The van der Waals surface area contributed by atoms with Crippen LogP contribution in [-0.2, 0) is 11.2 Å². The van der Waals surface area contributed by atoms with Crippen LogP contribution in [0.4, 0.5) is 5.69 Å². The first-order chi connectivity index (χ1) is 13.5. The monoisotopic (exact) mass is 374 g/mol. The van der Waals surface area contributed by atoms with Crippen LogP contribution in [0.25, 0.3) is 22.3 Å². The summed E-state index contributed by atoms with van der Waals surface area (Å²) in [7, 11) is 0. The number of nitrogens with one attached hydrogen (secondary N) is 2. The van der Waals surface area contributed by atoms with Crippen molar-refractivity contribution in [1.29, 1.82) is 0 Å². The van der Waals surface area contributed by atoms with Crippen molar-refractivity contribution in [2.75, 3.05) is 5.32 Å². The number of hydrogen-bond acceptors (Lipinski definition) is 5. The number of hydrogen-bond donors (Lipinski definition) is 2. The molecule has 1 amide bonds. The smallest absolute Gasteiger partial charge is 0.251 e. The summed E-state index contributed by atoms with van der Waals surface area (Å²) in [5, 5.41) is 7.65. The number of carbonyl (C=O) groups excluding carboxylic acids is 1. The number of rotatable bonds is 4. The Hall–Kier alpha value is -3.74. The van der Waals surface area contributed by atoms with E-state index in [9.17, 15) is 9.59 Å². The summed E-state index contributed by atoms with van der Waals surface area (Å²) in [4.78, 5) is 31.2. The van der Waals surface area contributed by atoms with Gasteiger partial charge >= 0.3 is 0 Å². The minimum atomic E-state index is -0.284. The highest BCUT2D eigenvalue weighted by atomic mass is 16.5. The fraction of sp³-hybridized carbons (Fsp3) is 0.143. The highest BCUT2D eigenvalue weighted by Crippen LogP contribution is 2.20. The van der Waals surface area contributed by atoms with Gasteiger partial charge in [-0.1, -0.05) is 35.5 Å². The van der Waals surface area contributed by atoms with Crippen LogP contribution in [0.15, 0.2) is 57.8 Å². The first-order valence-electron chi connectivity index (χ1n) is 8.82. The molecule has 0 bridgehead atoms. The van der Waals surface area contributed by atoms with E-state index < -0.39 is 0 Å². The van der Waals surface area contributed by atoms with Crippen molar-refractivity contribution >= 4 is 22.5 Å². The van der Waals surface area contributed by atoms with E-state index in [0.717, 1.165) is 16.5 Å². The second-order valence-electron chi connectivity index (χ2n) is 6.64. The fourth-order valence-corrected chi connectivity index (χ4v) is 2.99. The van der Waals surface area contributed by atoms with Gasteiger partial charge in [0.05, 0.1) is 5.52 Å². The van der Waals surface area contributed by atoms with Crippen molar-refractivity contribution in [3.8, 4) is 11.4 Å². The van der Waals surface area contributed by atoms with E-state index in [0.29, 0.717) is 22.6 Å². The predicted molar refractivity (Wildman–Crippen MR) is 106 cm³/mol. The summed E-state index contributed by atoms with van der Waals surface area (Å²) in [5.74, 6) is 0.411. The third kappa shape index (κ3) is 3.55.